The molecule has 1 aromatic carbocycles. The maximum Gasteiger partial charge on any atom is 0.195 e. The molecule has 2 aromatic rings. The summed E-state index contributed by atoms with van der Waals surface area (Å²) in [6.45, 7) is 6.06. The molecule has 2 rings (SSSR count). The van der Waals surface area contributed by atoms with Crippen molar-refractivity contribution in [1.82, 2.24) is 20.1 Å². The first-order chi connectivity index (χ1) is 9.61. The van der Waals surface area contributed by atoms with Gasteiger partial charge in [-0.25, -0.2) is 0 Å². The molecule has 108 valence electrons. The highest BCUT2D eigenvalue weighted by Gasteiger charge is 2.08. The van der Waals surface area contributed by atoms with E-state index in [9.17, 15) is 0 Å². The normalized spacial score (nSPS) is 11.0. The van der Waals surface area contributed by atoms with E-state index in [0.717, 1.165) is 39.9 Å². The van der Waals surface area contributed by atoms with Crippen molar-refractivity contribution in [3.05, 3.63) is 34.1 Å². The molecule has 0 aliphatic rings. The van der Waals surface area contributed by atoms with E-state index in [1.54, 1.807) is 11.8 Å². The summed E-state index contributed by atoms with van der Waals surface area (Å²) in [5.74, 6) is 0.923. The van der Waals surface area contributed by atoms with E-state index in [-0.39, 0.29) is 0 Å². The molecule has 0 amide bonds. The average Bonchev–Trinajstić information content (AvgIpc) is 2.73. The monoisotopic (exact) mass is 354 g/mol. The van der Waals surface area contributed by atoms with Crippen molar-refractivity contribution in [2.24, 2.45) is 7.05 Å². The molecule has 0 aliphatic carbocycles. The third kappa shape index (κ3) is 3.84. The first-order valence-corrected chi connectivity index (χ1v) is 8.25. The minimum atomic E-state index is 0.891. The largest absolute Gasteiger partial charge is 0.313 e. The summed E-state index contributed by atoms with van der Waals surface area (Å²) in [4.78, 5) is 1.16. The van der Waals surface area contributed by atoms with Crippen LogP contribution in [0, 0.1) is 6.92 Å². The zero-order valence-electron chi connectivity index (χ0n) is 12.0. The Morgan fingerprint density at radius 1 is 1.35 bits per heavy atom. The number of halogens is 1. The number of benzene rings is 1. The molecule has 4 nitrogen and oxygen atoms in total. The number of aromatic nitrogens is 3. The number of hydrogen-bond acceptors (Lipinski definition) is 4. The van der Waals surface area contributed by atoms with Crippen LogP contribution in [0.3, 0.4) is 0 Å². The van der Waals surface area contributed by atoms with Crippen molar-refractivity contribution in [1.29, 1.82) is 0 Å². The Bertz CT molecular complexity index is 583. The number of nitrogens with zero attached hydrogens (tertiary/aromatic N) is 3. The SMILES string of the molecule is CCCNCc1ccc(Sc2nnc(C)n2C)cc1Br. The van der Waals surface area contributed by atoms with Gasteiger partial charge in [0.05, 0.1) is 0 Å². The van der Waals surface area contributed by atoms with E-state index in [1.807, 2.05) is 18.5 Å². The van der Waals surface area contributed by atoms with Gasteiger partial charge in [0.15, 0.2) is 5.16 Å². The molecule has 1 N–H and O–H groups in total. The Hall–Kier alpha value is -0.850. The Labute approximate surface area is 132 Å². The van der Waals surface area contributed by atoms with E-state index in [4.69, 9.17) is 0 Å². The van der Waals surface area contributed by atoms with Gasteiger partial charge >= 0.3 is 0 Å². The van der Waals surface area contributed by atoms with Gasteiger partial charge in [-0.15, -0.1) is 10.2 Å². The molecule has 0 spiro atoms. The predicted octanol–water partition coefficient (Wildman–Crippen LogP) is 3.54. The summed E-state index contributed by atoms with van der Waals surface area (Å²) in [6.07, 6.45) is 1.15. The summed E-state index contributed by atoms with van der Waals surface area (Å²) in [7, 11) is 1.98. The van der Waals surface area contributed by atoms with Crippen LogP contribution in [0.4, 0.5) is 0 Å². The van der Waals surface area contributed by atoms with Gasteiger partial charge in [-0.1, -0.05) is 28.9 Å². The maximum atomic E-state index is 4.17. The van der Waals surface area contributed by atoms with Crippen molar-refractivity contribution in [3.8, 4) is 0 Å². The number of aryl methyl sites for hydroxylation is 1. The number of rotatable bonds is 6. The second kappa shape index (κ2) is 7.24. The minimum absolute atomic E-state index is 0.891. The van der Waals surface area contributed by atoms with Crippen molar-refractivity contribution in [2.75, 3.05) is 6.54 Å². The molecule has 0 radical (unpaired) electrons. The molecule has 1 heterocycles. The highest BCUT2D eigenvalue weighted by atomic mass is 79.9. The number of nitrogens with one attached hydrogen (secondary N) is 1. The van der Waals surface area contributed by atoms with Crippen molar-refractivity contribution in [2.45, 2.75) is 36.9 Å². The standard InChI is InChI=1S/C14H19BrN4S/c1-4-7-16-9-11-5-6-12(8-13(11)15)20-14-18-17-10(2)19(14)3/h5-6,8,16H,4,7,9H2,1-3H3. The Balaban J connectivity index is 2.07. The second-order valence-corrected chi connectivity index (χ2v) is 6.52. The fraction of sp³-hybridized carbons (Fsp3) is 0.429. The van der Waals surface area contributed by atoms with Gasteiger partial charge < -0.3 is 9.88 Å². The van der Waals surface area contributed by atoms with Crippen molar-refractivity contribution >= 4 is 27.7 Å². The first kappa shape index (κ1) is 15.5. The highest BCUT2D eigenvalue weighted by molar-refractivity contribution is 9.10. The van der Waals surface area contributed by atoms with Crippen LogP contribution in [-0.4, -0.2) is 21.3 Å². The van der Waals surface area contributed by atoms with Crippen molar-refractivity contribution in [3.63, 3.8) is 0 Å². The van der Waals surface area contributed by atoms with Crippen LogP contribution < -0.4 is 5.32 Å². The first-order valence-electron chi connectivity index (χ1n) is 6.64. The minimum Gasteiger partial charge on any atom is -0.313 e. The van der Waals surface area contributed by atoms with Crippen LogP contribution in [0.5, 0.6) is 0 Å². The molecule has 0 unspecified atom stereocenters. The highest BCUT2D eigenvalue weighted by Crippen LogP contribution is 2.29. The lowest BCUT2D eigenvalue weighted by Gasteiger charge is -2.08. The molecule has 20 heavy (non-hydrogen) atoms. The van der Waals surface area contributed by atoms with E-state index in [1.165, 1.54) is 5.56 Å². The fourth-order valence-corrected chi connectivity index (χ4v) is 3.26. The van der Waals surface area contributed by atoms with E-state index in [0.29, 0.717) is 0 Å². The van der Waals surface area contributed by atoms with Gasteiger partial charge in [0.1, 0.15) is 5.82 Å². The van der Waals surface area contributed by atoms with Gasteiger partial charge in [-0.2, -0.15) is 0 Å². The number of hydrogen-bond donors (Lipinski definition) is 1. The smallest absolute Gasteiger partial charge is 0.195 e. The molecule has 0 fully saturated rings. The van der Waals surface area contributed by atoms with Crippen molar-refractivity contribution < 1.29 is 0 Å². The quantitative estimate of drug-likeness (QED) is 0.805. The van der Waals surface area contributed by atoms with E-state index in [2.05, 4.69) is 56.6 Å². The third-order valence-corrected chi connectivity index (χ3v) is 4.79. The van der Waals surface area contributed by atoms with Gasteiger partial charge in [-0.3, -0.25) is 0 Å². The Morgan fingerprint density at radius 2 is 2.15 bits per heavy atom. The topological polar surface area (TPSA) is 42.7 Å². The summed E-state index contributed by atoms with van der Waals surface area (Å²) >= 11 is 5.27. The average molecular weight is 355 g/mol. The lowest BCUT2D eigenvalue weighted by molar-refractivity contribution is 0.673. The van der Waals surface area contributed by atoms with Crippen LogP contribution in [0.25, 0.3) is 0 Å². The molecule has 1 aromatic heterocycles. The molecule has 0 saturated carbocycles. The fourth-order valence-electron chi connectivity index (χ4n) is 1.72. The maximum absolute atomic E-state index is 4.17. The van der Waals surface area contributed by atoms with E-state index < -0.39 is 0 Å². The van der Waals surface area contributed by atoms with Gasteiger partial charge in [0, 0.05) is 23.0 Å². The van der Waals surface area contributed by atoms with Crippen LogP contribution in [-0.2, 0) is 13.6 Å². The predicted molar refractivity (Wildman–Crippen MR) is 86.0 cm³/mol. The third-order valence-electron chi connectivity index (χ3n) is 3.03. The Morgan fingerprint density at radius 3 is 2.75 bits per heavy atom. The molecular formula is C14H19BrN4S. The Kier molecular flexibility index (Phi) is 5.63. The summed E-state index contributed by atoms with van der Waals surface area (Å²) in [5.41, 5.74) is 1.27. The summed E-state index contributed by atoms with van der Waals surface area (Å²) in [5, 5.41) is 12.6. The second-order valence-electron chi connectivity index (χ2n) is 4.62. The van der Waals surface area contributed by atoms with Crippen LogP contribution in [0.2, 0.25) is 0 Å². The van der Waals surface area contributed by atoms with Crippen LogP contribution in [0.1, 0.15) is 24.7 Å². The van der Waals surface area contributed by atoms with Crippen LogP contribution in [0.15, 0.2) is 32.7 Å². The van der Waals surface area contributed by atoms with Crippen LogP contribution >= 0.6 is 27.7 Å². The van der Waals surface area contributed by atoms with E-state index >= 15 is 0 Å². The van der Waals surface area contributed by atoms with Gasteiger partial charge in [-0.05, 0) is 49.3 Å². The molecule has 0 saturated heterocycles. The summed E-state index contributed by atoms with van der Waals surface area (Å²) < 4.78 is 3.12. The molecule has 6 heteroatoms. The molecule has 0 atom stereocenters. The molecule has 0 bridgehead atoms. The lowest BCUT2D eigenvalue weighted by Crippen LogP contribution is -2.14. The zero-order valence-corrected chi connectivity index (χ0v) is 14.4. The molecular weight excluding hydrogens is 336 g/mol. The van der Waals surface area contributed by atoms with Gasteiger partial charge in [0.25, 0.3) is 0 Å². The lowest BCUT2D eigenvalue weighted by atomic mass is 10.2. The zero-order chi connectivity index (χ0) is 14.5. The molecule has 0 aliphatic heterocycles. The van der Waals surface area contributed by atoms with Gasteiger partial charge in [0.2, 0.25) is 0 Å². The summed E-state index contributed by atoms with van der Waals surface area (Å²) in [6, 6.07) is 6.42.